The maximum Gasteiger partial charge on any atom is 0.339 e. The Bertz CT molecular complexity index is 686. The number of rotatable bonds is 3. The molecule has 2 aromatic heterocycles. The summed E-state index contributed by atoms with van der Waals surface area (Å²) in [5.74, 6) is -0.318. The van der Waals surface area contributed by atoms with Crippen LogP contribution in [-0.4, -0.2) is 49.4 Å². The Morgan fingerprint density at radius 1 is 1.41 bits per heavy atom. The third-order valence-electron chi connectivity index (χ3n) is 3.86. The molecular formula is C15H19N3O3S. The number of methoxy groups -OCH3 is 1. The summed E-state index contributed by atoms with van der Waals surface area (Å²) >= 11 is 1.61. The van der Waals surface area contributed by atoms with E-state index in [1.807, 2.05) is 19.2 Å². The normalized spacial score (nSPS) is 15.1. The highest BCUT2D eigenvalue weighted by atomic mass is 32.1. The first-order chi connectivity index (χ1) is 10.6. The molecule has 1 aliphatic rings. The number of ether oxygens (including phenoxy) is 2. The lowest BCUT2D eigenvalue weighted by molar-refractivity contribution is 0.0599. The van der Waals surface area contributed by atoms with Crippen molar-refractivity contribution in [3.05, 3.63) is 22.2 Å². The van der Waals surface area contributed by atoms with Gasteiger partial charge in [0.15, 0.2) is 5.13 Å². The number of hydrogen-bond donors (Lipinski definition) is 1. The Kier molecular flexibility index (Phi) is 4.17. The lowest BCUT2D eigenvalue weighted by Crippen LogP contribution is -2.36. The minimum atomic E-state index is -0.318. The molecule has 0 aliphatic carbocycles. The second-order valence-corrected chi connectivity index (χ2v) is 6.07. The Morgan fingerprint density at radius 2 is 2.14 bits per heavy atom. The van der Waals surface area contributed by atoms with Crippen molar-refractivity contribution >= 4 is 22.4 Å². The van der Waals surface area contributed by atoms with Crippen molar-refractivity contribution in [2.45, 2.75) is 13.8 Å². The van der Waals surface area contributed by atoms with E-state index in [4.69, 9.17) is 14.5 Å². The molecule has 0 amide bonds. The highest BCUT2D eigenvalue weighted by Gasteiger charge is 2.22. The summed E-state index contributed by atoms with van der Waals surface area (Å²) in [6.07, 6.45) is 0. The van der Waals surface area contributed by atoms with E-state index in [0.29, 0.717) is 5.56 Å². The average molecular weight is 321 g/mol. The number of carbonyl (C=O) groups is 1. The highest BCUT2D eigenvalue weighted by molar-refractivity contribution is 7.14. The number of carbonyl (C=O) groups excluding carboxylic acids is 1. The second kappa shape index (κ2) is 6.10. The number of hydrogen-bond acceptors (Lipinski definition) is 6. The lowest BCUT2D eigenvalue weighted by atomic mass is 10.1. The average Bonchev–Trinajstić information content (AvgIpc) is 3.12. The zero-order chi connectivity index (χ0) is 15.7. The number of H-pyrrole nitrogens is 1. The summed E-state index contributed by atoms with van der Waals surface area (Å²) in [5, 5.41) is 3.01. The molecule has 1 aliphatic heterocycles. The number of aromatic amines is 1. The largest absolute Gasteiger partial charge is 0.465 e. The Hall–Kier alpha value is -1.86. The van der Waals surface area contributed by atoms with Crippen LogP contribution in [0.4, 0.5) is 5.13 Å². The number of thiazole rings is 1. The van der Waals surface area contributed by atoms with Gasteiger partial charge in [0.1, 0.15) is 5.69 Å². The number of esters is 1. The molecule has 1 N–H and O–H groups in total. The molecule has 0 radical (unpaired) electrons. The smallest absolute Gasteiger partial charge is 0.339 e. The molecule has 0 atom stereocenters. The molecule has 2 aromatic rings. The molecule has 22 heavy (non-hydrogen) atoms. The maximum atomic E-state index is 11.9. The van der Waals surface area contributed by atoms with Crippen LogP contribution in [0.5, 0.6) is 0 Å². The SMILES string of the molecule is COC(=O)c1c(C)[nH]c(-c2csc(N3CCOCC3)n2)c1C. The summed E-state index contributed by atoms with van der Waals surface area (Å²) in [4.78, 5) is 22.1. The van der Waals surface area contributed by atoms with Crippen molar-refractivity contribution in [3.8, 4) is 11.4 Å². The number of aromatic nitrogens is 2. The summed E-state index contributed by atoms with van der Waals surface area (Å²) in [6, 6.07) is 0. The zero-order valence-electron chi connectivity index (χ0n) is 12.9. The molecule has 3 heterocycles. The lowest BCUT2D eigenvalue weighted by Gasteiger charge is -2.25. The number of nitrogens with zero attached hydrogens (tertiary/aromatic N) is 2. The van der Waals surface area contributed by atoms with Gasteiger partial charge in [-0.1, -0.05) is 0 Å². The predicted octanol–water partition coefficient (Wildman–Crippen LogP) is 2.38. The van der Waals surface area contributed by atoms with Gasteiger partial charge in [0.2, 0.25) is 0 Å². The van der Waals surface area contributed by atoms with Crippen LogP contribution in [0.15, 0.2) is 5.38 Å². The molecular weight excluding hydrogens is 302 g/mol. The van der Waals surface area contributed by atoms with Crippen LogP contribution in [-0.2, 0) is 9.47 Å². The van der Waals surface area contributed by atoms with Gasteiger partial charge < -0.3 is 19.4 Å². The quantitative estimate of drug-likeness (QED) is 0.879. The van der Waals surface area contributed by atoms with Gasteiger partial charge in [-0.05, 0) is 19.4 Å². The van der Waals surface area contributed by atoms with Gasteiger partial charge in [0.25, 0.3) is 0 Å². The molecule has 0 saturated carbocycles. The monoisotopic (exact) mass is 321 g/mol. The summed E-state index contributed by atoms with van der Waals surface area (Å²) in [6.45, 7) is 6.99. The summed E-state index contributed by atoms with van der Waals surface area (Å²) in [5.41, 5.74) is 4.03. The minimum Gasteiger partial charge on any atom is -0.465 e. The first-order valence-corrected chi connectivity index (χ1v) is 8.06. The number of morpholine rings is 1. The van der Waals surface area contributed by atoms with E-state index in [0.717, 1.165) is 54.1 Å². The number of anilines is 1. The van der Waals surface area contributed by atoms with Crippen LogP contribution in [0.1, 0.15) is 21.6 Å². The number of aryl methyl sites for hydroxylation is 1. The van der Waals surface area contributed by atoms with Gasteiger partial charge in [0, 0.05) is 24.2 Å². The standard InChI is InChI=1S/C15H19N3O3S/c1-9-12(14(19)20-3)10(2)16-13(9)11-8-22-15(17-11)18-4-6-21-7-5-18/h8,16H,4-7H2,1-3H3. The molecule has 0 unspecified atom stereocenters. The molecule has 118 valence electrons. The molecule has 1 fully saturated rings. The minimum absolute atomic E-state index is 0.318. The van der Waals surface area contributed by atoms with Crippen LogP contribution in [0.2, 0.25) is 0 Å². The van der Waals surface area contributed by atoms with E-state index >= 15 is 0 Å². The van der Waals surface area contributed by atoms with Gasteiger partial charge in [-0.2, -0.15) is 0 Å². The van der Waals surface area contributed by atoms with E-state index in [-0.39, 0.29) is 5.97 Å². The van der Waals surface area contributed by atoms with Crippen molar-refractivity contribution in [1.29, 1.82) is 0 Å². The Labute approximate surface area is 133 Å². The van der Waals surface area contributed by atoms with Crippen molar-refractivity contribution < 1.29 is 14.3 Å². The first-order valence-electron chi connectivity index (χ1n) is 7.18. The molecule has 1 saturated heterocycles. The van der Waals surface area contributed by atoms with Crippen molar-refractivity contribution in [1.82, 2.24) is 9.97 Å². The fourth-order valence-corrected chi connectivity index (χ4v) is 3.56. The van der Waals surface area contributed by atoms with Gasteiger partial charge >= 0.3 is 5.97 Å². The maximum absolute atomic E-state index is 11.9. The van der Waals surface area contributed by atoms with Crippen LogP contribution in [0.25, 0.3) is 11.4 Å². The van der Waals surface area contributed by atoms with E-state index in [1.165, 1.54) is 7.11 Å². The van der Waals surface area contributed by atoms with Crippen LogP contribution in [0.3, 0.4) is 0 Å². The van der Waals surface area contributed by atoms with E-state index < -0.39 is 0 Å². The molecule has 7 heteroatoms. The predicted molar refractivity (Wildman–Crippen MR) is 85.7 cm³/mol. The van der Waals surface area contributed by atoms with Crippen LogP contribution in [0, 0.1) is 13.8 Å². The van der Waals surface area contributed by atoms with Crippen LogP contribution < -0.4 is 4.90 Å². The van der Waals surface area contributed by atoms with Gasteiger partial charge in [0.05, 0.1) is 31.6 Å². The topological polar surface area (TPSA) is 67.5 Å². The Morgan fingerprint density at radius 3 is 2.82 bits per heavy atom. The highest BCUT2D eigenvalue weighted by Crippen LogP contribution is 2.31. The van der Waals surface area contributed by atoms with Crippen molar-refractivity contribution in [2.75, 3.05) is 38.3 Å². The van der Waals surface area contributed by atoms with Gasteiger partial charge in [-0.15, -0.1) is 11.3 Å². The van der Waals surface area contributed by atoms with Gasteiger partial charge in [-0.3, -0.25) is 0 Å². The molecule has 0 bridgehead atoms. The third kappa shape index (κ3) is 2.62. The molecule has 3 rings (SSSR count). The fraction of sp³-hybridized carbons (Fsp3) is 0.467. The molecule has 0 spiro atoms. The van der Waals surface area contributed by atoms with Crippen molar-refractivity contribution in [3.63, 3.8) is 0 Å². The molecule has 6 nitrogen and oxygen atoms in total. The fourth-order valence-electron chi connectivity index (χ4n) is 2.69. The van der Waals surface area contributed by atoms with Crippen molar-refractivity contribution in [2.24, 2.45) is 0 Å². The number of nitrogens with one attached hydrogen (secondary N) is 1. The summed E-state index contributed by atoms with van der Waals surface area (Å²) < 4.78 is 10.2. The third-order valence-corrected chi connectivity index (χ3v) is 4.76. The van der Waals surface area contributed by atoms with E-state index in [9.17, 15) is 4.79 Å². The van der Waals surface area contributed by atoms with E-state index in [2.05, 4.69) is 9.88 Å². The second-order valence-electron chi connectivity index (χ2n) is 5.23. The summed E-state index contributed by atoms with van der Waals surface area (Å²) in [7, 11) is 1.40. The molecule has 0 aromatic carbocycles. The van der Waals surface area contributed by atoms with Gasteiger partial charge in [-0.25, -0.2) is 9.78 Å². The Balaban J connectivity index is 1.92. The van der Waals surface area contributed by atoms with Crippen LogP contribution >= 0.6 is 11.3 Å². The zero-order valence-corrected chi connectivity index (χ0v) is 13.7. The van der Waals surface area contributed by atoms with E-state index in [1.54, 1.807) is 11.3 Å². The first kappa shape index (κ1) is 15.1.